The van der Waals surface area contributed by atoms with Crippen molar-refractivity contribution in [3.8, 4) is 16.9 Å². The topological polar surface area (TPSA) is 169 Å². The summed E-state index contributed by atoms with van der Waals surface area (Å²) in [5.41, 5.74) is 10.2. The number of fused-ring (bicyclic) bond motifs is 3. The van der Waals surface area contributed by atoms with Crippen LogP contribution >= 0.6 is 0 Å². The number of benzene rings is 3. The van der Waals surface area contributed by atoms with E-state index in [1.807, 2.05) is 48.5 Å². The van der Waals surface area contributed by atoms with Crippen LogP contribution in [-0.4, -0.2) is 57.3 Å². The summed E-state index contributed by atoms with van der Waals surface area (Å²) < 4.78 is 39.3. The molecule has 1 amide bonds. The first kappa shape index (κ1) is 32.3. The molecule has 1 aliphatic rings. The third kappa shape index (κ3) is 6.65. The summed E-state index contributed by atoms with van der Waals surface area (Å²) in [4.78, 5) is 29.0. The number of carbonyl (C=O) groups is 2. The fourth-order valence-corrected chi connectivity index (χ4v) is 7.06. The maximum atomic E-state index is 13.1. The van der Waals surface area contributed by atoms with Crippen molar-refractivity contribution in [2.45, 2.75) is 56.9 Å². The fourth-order valence-electron chi connectivity index (χ4n) is 5.58. The number of hydrogen-bond acceptors (Lipinski definition) is 7. The molecule has 44 heavy (non-hydrogen) atoms. The van der Waals surface area contributed by atoms with Crippen molar-refractivity contribution < 1.29 is 32.6 Å². The van der Waals surface area contributed by atoms with Crippen LogP contribution in [0.4, 0.5) is 4.79 Å². The molecule has 0 heterocycles. The van der Waals surface area contributed by atoms with Crippen LogP contribution in [0.25, 0.3) is 11.1 Å². The van der Waals surface area contributed by atoms with Crippen molar-refractivity contribution in [1.29, 1.82) is 0 Å². The lowest BCUT2D eigenvalue weighted by Gasteiger charge is -2.26. The normalized spacial score (nSPS) is 14.2. The van der Waals surface area contributed by atoms with Crippen LogP contribution in [0.3, 0.4) is 0 Å². The predicted molar refractivity (Wildman–Crippen MR) is 167 cm³/mol. The van der Waals surface area contributed by atoms with E-state index in [0.717, 1.165) is 22.3 Å². The minimum absolute atomic E-state index is 0.00799. The molecule has 4 rings (SSSR count). The molecule has 12 heteroatoms. The van der Waals surface area contributed by atoms with Crippen molar-refractivity contribution in [1.82, 2.24) is 10.0 Å². The minimum atomic E-state index is -4.04. The second-order valence-corrected chi connectivity index (χ2v) is 12.7. The zero-order valence-electron chi connectivity index (χ0n) is 25.4. The van der Waals surface area contributed by atoms with Gasteiger partial charge in [0, 0.05) is 12.5 Å². The molecular formula is C32H38N4O7S. The summed E-state index contributed by atoms with van der Waals surface area (Å²) in [5, 5.41) is 12.4. The Hall–Kier alpha value is -4.58. The Morgan fingerprint density at radius 2 is 1.61 bits per heavy atom. The number of aliphatic imine (C=N–C) groups is 1. The van der Waals surface area contributed by atoms with Gasteiger partial charge < -0.3 is 25.6 Å². The SMILES string of the molecule is COc1cc(C)c(S(=O)(=O)NC(N)=NCCCC(C)(NC(=O)OCC2c3ccccc3-c3ccccc32)C(=O)O)c(C)c1C. The van der Waals surface area contributed by atoms with Crippen LogP contribution in [0.5, 0.6) is 5.75 Å². The number of sulfonamides is 1. The number of rotatable bonds is 11. The number of nitrogens with two attached hydrogens (primary N) is 1. The van der Waals surface area contributed by atoms with Crippen LogP contribution in [0, 0.1) is 20.8 Å². The van der Waals surface area contributed by atoms with Gasteiger partial charge >= 0.3 is 12.1 Å². The van der Waals surface area contributed by atoms with Crippen molar-refractivity contribution >= 4 is 28.0 Å². The number of methoxy groups -OCH3 is 1. The molecule has 0 spiro atoms. The van der Waals surface area contributed by atoms with Crippen LogP contribution in [0.1, 0.15) is 53.5 Å². The van der Waals surface area contributed by atoms with Gasteiger partial charge in [0.1, 0.15) is 17.9 Å². The molecule has 0 bridgehead atoms. The van der Waals surface area contributed by atoms with Gasteiger partial charge in [-0.05, 0) is 85.5 Å². The van der Waals surface area contributed by atoms with Gasteiger partial charge in [-0.2, -0.15) is 0 Å². The Bertz CT molecular complexity index is 1680. The number of carboxylic acids is 1. The van der Waals surface area contributed by atoms with Crippen LogP contribution in [0.15, 0.2) is 64.5 Å². The zero-order chi connectivity index (χ0) is 32.2. The number of ether oxygens (including phenoxy) is 2. The summed E-state index contributed by atoms with van der Waals surface area (Å²) in [6.07, 6.45) is -0.673. The summed E-state index contributed by atoms with van der Waals surface area (Å²) >= 11 is 0. The van der Waals surface area contributed by atoms with E-state index in [1.165, 1.54) is 14.0 Å². The average Bonchev–Trinajstić information content (AvgIpc) is 3.29. The fraction of sp³-hybridized carbons (Fsp3) is 0.344. The third-order valence-electron chi connectivity index (χ3n) is 8.02. The first-order valence-electron chi connectivity index (χ1n) is 14.1. The van der Waals surface area contributed by atoms with E-state index < -0.39 is 27.6 Å². The molecule has 0 saturated heterocycles. The van der Waals surface area contributed by atoms with Gasteiger partial charge in [-0.1, -0.05) is 48.5 Å². The smallest absolute Gasteiger partial charge is 0.408 e. The molecule has 1 unspecified atom stereocenters. The van der Waals surface area contributed by atoms with E-state index in [-0.39, 0.29) is 42.8 Å². The molecular weight excluding hydrogens is 584 g/mol. The Balaban J connectivity index is 1.34. The van der Waals surface area contributed by atoms with Gasteiger partial charge in [0.05, 0.1) is 12.0 Å². The summed E-state index contributed by atoms with van der Waals surface area (Å²) in [6.45, 7) is 6.55. The van der Waals surface area contributed by atoms with Gasteiger partial charge in [-0.3, -0.25) is 4.99 Å². The summed E-state index contributed by atoms with van der Waals surface area (Å²) in [6, 6.07) is 17.5. The van der Waals surface area contributed by atoms with E-state index in [4.69, 9.17) is 15.2 Å². The molecule has 5 N–H and O–H groups in total. The Morgan fingerprint density at radius 1 is 1.02 bits per heavy atom. The number of carbonyl (C=O) groups excluding carboxylic acids is 1. The lowest BCUT2D eigenvalue weighted by molar-refractivity contribution is -0.144. The molecule has 1 atom stereocenters. The molecule has 3 aromatic rings. The van der Waals surface area contributed by atoms with Crippen LogP contribution in [0.2, 0.25) is 0 Å². The van der Waals surface area contributed by atoms with E-state index >= 15 is 0 Å². The van der Waals surface area contributed by atoms with E-state index in [2.05, 4.69) is 15.0 Å². The highest BCUT2D eigenvalue weighted by molar-refractivity contribution is 7.90. The maximum absolute atomic E-state index is 13.1. The lowest BCUT2D eigenvalue weighted by Crippen LogP contribution is -2.52. The van der Waals surface area contributed by atoms with Crippen LogP contribution in [-0.2, 0) is 19.6 Å². The highest BCUT2D eigenvalue weighted by atomic mass is 32.2. The Morgan fingerprint density at radius 3 is 2.18 bits per heavy atom. The molecule has 3 aromatic carbocycles. The number of amides is 1. The van der Waals surface area contributed by atoms with Gasteiger partial charge in [-0.15, -0.1) is 0 Å². The number of guanidine groups is 1. The van der Waals surface area contributed by atoms with Gasteiger partial charge in [-0.25, -0.2) is 22.7 Å². The molecule has 234 valence electrons. The molecule has 0 aliphatic heterocycles. The molecule has 0 fully saturated rings. The van der Waals surface area contributed by atoms with Crippen molar-refractivity contribution in [2.75, 3.05) is 20.3 Å². The first-order chi connectivity index (χ1) is 20.8. The highest BCUT2D eigenvalue weighted by Crippen LogP contribution is 2.44. The molecule has 1 aliphatic carbocycles. The minimum Gasteiger partial charge on any atom is -0.496 e. The van der Waals surface area contributed by atoms with Gasteiger partial charge in [0.2, 0.25) is 5.96 Å². The monoisotopic (exact) mass is 622 g/mol. The van der Waals surface area contributed by atoms with E-state index in [9.17, 15) is 23.1 Å². The number of carboxylic acid groups (broad SMARTS) is 1. The Kier molecular flexibility index (Phi) is 9.53. The van der Waals surface area contributed by atoms with Crippen molar-refractivity contribution in [3.63, 3.8) is 0 Å². The molecule has 0 radical (unpaired) electrons. The van der Waals surface area contributed by atoms with Crippen molar-refractivity contribution in [3.05, 3.63) is 82.4 Å². The lowest BCUT2D eigenvalue weighted by atomic mass is 9.96. The van der Waals surface area contributed by atoms with Crippen molar-refractivity contribution in [2.24, 2.45) is 10.7 Å². The van der Waals surface area contributed by atoms with E-state index in [0.29, 0.717) is 22.4 Å². The van der Waals surface area contributed by atoms with Gasteiger partial charge in [0.15, 0.2) is 0 Å². The highest BCUT2D eigenvalue weighted by Gasteiger charge is 2.36. The number of nitrogens with zero attached hydrogens (tertiary/aromatic N) is 1. The number of hydrogen-bond donors (Lipinski definition) is 4. The second-order valence-electron chi connectivity index (χ2n) is 11.0. The molecule has 0 saturated carbocycles. The predicted octanol–water partition coefficient (Wildman–Crippen LogP) is 4.38. The maximum Gasteiger partial charge on any atom is 0.408 e. The number of aliphatic carboxylic acids is 1. The summed E-state index contributed by atoms with van der Waals surface area (Å²) in [7, 11) is -2.53. The second kappa shape index (κ2) is 13.0. The number of alkyl carbamates (subject to hydrolysis) is 1. The summed E-state index contributed by atoms with van der Waals surface area (Å²) in [5.74, 6) is -1.17. The number of aryl methyl sites for hydroxylation is 1. The molecule has 11 nitrogen and oxygen atoms in total. The third-order valence-corrected chi connectivity index (χ3v) is 9.66. The number of nitrogens with one attached hydrogen (secondary N) is 2. The van der Waals surface area contributed by atoms with Crippen LogP contribution < -0.4 is 20.5 Å². The van der Waals surface area contributed by atoms with Gasteiger partial charge in [0.25, 0.3) is 10.0 Å². The van der Waals surface area contributed by atoms with E-state index in [1.54, 1.807) is 26.8 Å². The standard InChI is InChI=1S/C32H38N4O7S/c1-19-17-27(42-5)20(2)21(3)28(19)44(40,41)36-30(33)34-16-10-15-32(4,29(37)38)35-31(39)43-18-26-24-13-8-6-11-22(24)23-12-7-9-14-25(23)26/h6-9,11-14,17,26H,10,15-16,18H2,1-5H3,(H,35,39)(H,37,38)(H3,33,34,36). The Labute approximate surface area is 257 Å². The first-order valence-corrected chi connectivity index (χ1v) is 15.6. The largest absolute Gasteiger partial charge is 0.496 e. The average molecular weight is 623 g/mol. The zero-order valence-corrected chi connectivity index (χ0v) is 26.2. The molecule has 0 aromatic heterocycles. The quantitative estimate of drug-likeness (QED) is 0.139.